The zero-order valence-electron chi connectivity index (χ0n) is 8.02. The number of carbonyl (C=O) groups excluding carboxylic acids is 1. The molecule has 1 heterocycles. The molecular weight excluding hydrogens is 247 g/mol. The van der Waals surface area contributed by atoms with E-state index in [2.05, 4.69) is 10.2 Å². The largest absolute Gasteiger partial charge is 0.276 e. The fourth-order valence-corrected chi connectivity index (χ4v) is 1.47. The van der Waals surface area contributed by atoms with Crippen molar-refractivity contribution < 1.29 is 4.79 Å². The summed E-state index contributed by atoms with van der Waals surface area (Å²) in [6, 6.07) is 10.2. The first-order chi connectivity index (χ1) is 7.66. The molecule has 0 fully saturated rings. The summed E-state index contributed by atoms with van der Waals surface area (Å²) in [5.41, 5.74) is 2.00. The zero-order valence-corrected chi connectivity index (χ0v) is 9.53. The number of halogens is 2. The first-order valence-corrected chi connectivity index (χ1v) is 5.22. The zero-order chi connectivity index (χ0) is 11.5. The van der Waals surface area contributed by atoms with E-state index in [9.17, 15) is 4.79 Å². The van der Waals surface area contributed by atoms with Gasteiger partial charge in [0.1, 0.15) is 0 Å². The molecule has 1 aromatic carbocycles. The lowest BCUT2D eigenvalue weighted by atomic mass is 10.1. The highest BCUT2D eigenvalue weighted by Gasteiger charge is 2.03. The van der Waals surface area contributed by atoms with E-state index in [0.717, 1.165) is 5.56 Å². The van der Waals surface area contributed by atoms with Crippen LogP contribution in [0.2, 0.25) is 5.15 Å². The van der Waals surface area contributed by atoms with Crippen molar-refractivity contribution in [3.05, 3.63) is 47.1 Å². The van der Waals surface area contributed by atoms with Gasteiger partial charge in [-0.25, -0.2) is 0 Å². The summed E-state index contributed by atoms with van der Waals surface area (Å²) in [6.07, 6.45) is 0. The van der Waals surface area contributed by atoms with Crippen LogP contribution in [-0.4, -0.2) is 15.4 Å². The highest BCUT2D eigenvalue weighted by molar-refractivity contribution is 6.67. The van der Waals surface area contributed by atoms with Crippen molar-refractivity contribution in [1.82, 2.24) is 10.2 Å². The standard InChI is InChI=1S/C11H6Cl2N2O/c12-10-6-5-9(14-15-10)7-1-3-8(4-2-7)11(13)16/h1-6H. The second kappa shape index (κ2) is 4.60. The molecule has 80 valence electrons. The van der Waals surface area contributed by atoms with Crippen molar-refractivity contribution in [3.8, 4) is 11.3 Å². The van der Waals surface area contributed by atoms with E-state index < -0.39 is 5.24 Å². The predicted molar refractivity (Wildman–Crippen MR) is 62.7 cm³/mol. The molecule has 0 unspecified atom stereocenters. The van der Waals surface area contributed by atoms with Gasteiger partial charge in [0.05, 0.1) is 5.69 Å². The third-order valence-corrected chi connectivity index (χ3v) is 2.46. The Balaban J connectivity index is 2.34. The maximum absolute atomic E-state index is 10.9. The Morgan fingerprint density at radius 1 is 1.00 bits per heavy atom. The van der Waals surface area contributed by atoms with E-state index in [4.69, 9.17) is 23.2 Å². The lowest BCUT2D eigenvalue weighted by Gasteiger charge is -2.00. The molecule has 1 aromatic heterocycles. The van der Waals surface area contributed by atoms with Crippen molar-refractivity contribution >= 4 is 28.4 Å². The van der Waals surface area contributed by atoms with E-state index in [-0.39, 0.29) is 0 Å². The lowest BCUT2D eigenvalue weighted by molar-refractivity contribution is 0.108. The number of hydrogen-bond acceptors (Lipinski definition) is 3. The van der Waals surface area contributed by atoms with Gasteiger partial charge in [-0.1, -0.05) is 23.7 Å². The van der Waals surface area contributed by atoms with Gasteiger partial charge < -0.3 is 0 Å². The third-order valence-electron chi connectivity index (χ3n) is 2.04. The molecule has 0 aliphatic rings. The summed E-state index contributed by atoms with van der Waals surface area (Å²) in [6.45, 7) is 0. The molecule has 0 saturated carbocycles. The van der Waals surface area contributed by atoms with Gasteiger partial charge in [-0.3, -0.25) is 4.79 Å². The maximum Gasteiger partial charge on any atom is 0.252 e. The maximum atomic E-state index is 10.9. The minimum atomic E-state index is -0.478. The summed E-state index contributed by atoms with van der Waals surface area (Å²) in [4.78, 5) is 10.9. The van der Waals surface area contributed by atoms with Crippen molar-refractivity contribution in [3.63, 3.8) is 0 Å². The second-order valence-corrected chi connectivity index (χ2v) is 3.82. The molecule has 0 radical (unpaired) electrons. The summed E-state index contributed by atoms with van der Waals surface area (Å²) in [7, 11) is 0. The van der Waals surface area contributed by atoms with E-state index >= 15 is 0 Å². The minimum absolute atomic E-state index is 0.344. The number of rotatable bonds is 2. The van der Waals surface area contributed by atoms with Crippen LogP contribution >= 0.6 is 23.2 Å². The Labute approximate surface area is 102 Å². The van der Waals surface area contributed by atoms with Gasteiger partial charge >= 0.3 is 0 Å². The molecule has 0 amide bonds. The van der Waals surface area contributed by atoms with Crippen LogP contribution in [0.25, 0.3) is 11.3 Å². The molecule has 0 spiro atoms. The summed E-state index contributed by atoms with van der Waals surface area (Å²) in [5, 5.41) is 7.52. The van der Waals surface area contributed by atoms with Crippen molar-refractivity contribution in [2.75, 3.05) is 0 Å². The quantitative estimate of drug-likeness (QED) is 0.772. The first kappa shape index (κ1) is 11.0. The van der Waals surface area contributed by atoms with Gasteiger partial charge in [0, 0.05) is 11.1 Å². The molecule has 2 aromatic rings. The average molecular weight is 253 g/mol. The van der Waals surface area contributed by atoms with Crippen LogP contribution in [0.1, 0.15) is 10.4 Å². The first-order valence-electron chi connectivity index (χ1n) is 4.46. The number of aromatic nitrogens is 2. The van der Waals surface area contributed by atoms with E-state index in [0.29, 0.717) is 16.4 Å². The van der Waals surface area contributed by atoms with Crippen LogP contribution in [-0.2, 0) is 0 Å². The molecule has 5 heteroatoms. The fraction of sp³-hybridized carbons (Fsp3) is 0. The normalized spacial score (nSPS) is 10.1. The van der Waals surface area contributed by atoms with Gasteiger partial charge in [-0.2, -0.15) is 0 Å². The van der Waals surface area contributed by atoms with E-state index in [1.165, 1.54) is 0 Å². The van der Waals surface area contributed by atoms with Crippen molar-refractivity contribution in [2.24, 2.45) is 0 Å². The topological polar surface area (TPSA) is 42.9 Å². The molecule has 2 rings (SSSR count). The van der Waals surface area contributed by atoms with Gasteiger partial charge in [-0.05, 0) is 35.9 Å². The molecule has 0 N–H and O–H groups in total. The molecule has 16 heavy (non-hydrogen) atoms. The monoisotopic (exact) mass is 252 g/mol. The molecular formula is C11H6Cl2N2O. The number of nitrogens with zero attached hydrogens (tertiary/aromatic N) is 2. The van der Waals surface area contributed by atoms with Gasteiger partial charge in [0.2, 0.25) is 0 Å². The SMILES string of the molecule is O=C(Cl)c1ccc(-c2ccc(Cl)nn2)cc1. The van der Waals surface area contributed by atoms with E-state index in [1.807, 2.05) is 0 Å². The fourth-order valence-electron chi connectivity index (χ4n) is 1.24. The van der Waals surface area contributed by atoms with Crippen LogP contribution in [0.4, 0.5) is 0 Å². The van der Waals surface area contributed by atoms with Crippen LogP contribution in [0, 0.1) is 0 Å². The smallest absolute Gasteiger partial charge is 0.252 e. The van der Waals surface area contributed by atoms with Gasteiger partial charge in [0.15, 0.2) is 5.15 Å². The summed E-state index contributed by atoms with van der Waals surface area (Å²) >= 11 is 11.0. The Kier molecular flexibility index (Phi) is 3.17. The van der Waals surface area contributed by atoms with Crippen LogP contribution in [0.15, 0.2) is 36.4 Å². The molecule has 0 atom stereocenters. The minimum Gasteiger partial charge on any atom is -0.276 e. The lowest BCUT2D eigenvalue weighted by Crippen LogP contribution is -1.90. The predicted octanol–water partition coefficient (Wildman–Crippen LogP) is 3.18. The Hall–Kier alpha value is -1.45. The number of carbonyl (C=O) groups is 1. The van der Waals surface area contributed by atoms with Crippen molar-refractivity contribution in [2.45, 2.75) is 0 Å². The Bertz CT molecular complexity index is 509. The third kappa shape index (κ3) is 2.38. The molecule has 0 saturated heterocycles. The van der Waals surface area contributed by atoms with Gasteiger partial charge in [0.25, 0.3) is 5.24 Å². The second-order valence-electron chi connectivity index (χ2n) is 3.09. The average Bonchev–Trinajstić information content (AvgIpc) is 2.30. The Morgan fingerprint density at radius 2 is 1.69 bits per heavy atom. The van der Waals surface area contributed by atoms with Crippen LogP contribution in [0.5, 0.6) is 0 Å². The molecule has 0 aliphatic carbocycles. The number of hydrogen-bond donors (Lipinski definition) is 0. The van der Waals surface area contributed by atoms with Crippen LogP contribution in [0.3, 0.4) is 0 Å². The summed E-state index contributed by atoms with van der Waals surface area (Å²) < 4.78 is 0. The molecule has 3 nitrogen and oxygen atoms in total. The molecule has 0 bridgehead atoms. The highest BCUT2D eigenvalue weighted by Crippen LogP contribution is 2.18. The molecule has 0 aliphatic heterocycles. The summed E-state index contributed by atoms with van der Waals surface area (Å²) in [5.74, 6) is 0. The van der Waals surface area contributed by atoms with Crippen LogP contribution < -0.4 is 0 Å². The van der Waals surface area contributed by atoms with E-state index in [1.54, 1.807) is 36.4 Å². The van der Waals surface area contributed by atoms with Crippen molar-refractivity contribution in [1.29, 1.82) is 0 Å². The Morgan fingerprint density at radius 3 is 2.19 bits per heavy atom. The highest BCUT2D eigenvalue weighted by atomic mass is 35.5. The number of benzene rings is 1. The van der Waals surface area contributed by atoms with Gasteiger partial charge in [-0.15, -0.1) is 10.2 Å².